The lowest BCUT2D eigenvalue weighted by molar-refractivity contribution is -0.128. The lowest BCUT2D eigenvalue weighted by atomic mass is 10.3. The smallest absolute Gasteiger partial charge is 0.336 e. The van der Waals surface area contributed by atoms with E-state index >= 15 is 0 Å². The van der Waals surface area contributed by atoms with Crippen molar-refractivity contribution in [2.24, 2.45) is 0 Å². The first kappa shape index (κ1) is 13.7. The third-order valence-corrected chi connectivity index (χ3v) is 2.47. The van der Waals surface area contributed by atoms with E-state index in [1.54, 1.807) is 30.3 Å². The van der Waals surface area contributed by atoms with Crippen LogP contribution in [0.5, 0.6) is 17.2 Å². The highest BCUT2D eigenvalue weighted by Gasteiger charge is 2.06. The maximum Gasteiger partial charge on any atom is 0.336 e. The van der Waals surface area contributed by atoms with Gasteiger partial charge in [0.25, 0.3) is 0 Å². The second kappa shape index (κ2) is 6.47. The molecule has 0 fully saturated rings. The van der Waals surface area contributed by atoms with Crippen molar-refractivity contribution in [2.75, 3.05) is 14.2 Å². The van der Waals surface area contributed by atoms with Crippen LogP contribution in [-0.2, 0) is 4.79 Å². The summed E-state index contributed by atoms with van der Waals surface area (Å²) >= 11 is 0. The first-order valence-corrected chi connectivity index (χ1v) is 5.88. The number of rotatable bonds is 5. The minimum Gasteiger partial charge on any atom is -0.496 e. The fourth-order valence-corrected chi connectivity index (χ4v) is 1.53. The number of carbonyl (C=O) groups excluding carboxylic acids is 1. The van der Waals surface area contributed by atoms with Crippen LogP contribution >= 0.6 is 0 Å². The summed E-state index contributed by atoms with van der Waals surface area (Å²) in [5.41, 5.74) is 0. The molecule has 0 spiro atoms. The van der Waals surface area contributed by atoms with E-state index in [2.05, 4.69) is 0 Å². The molecule has 0 atom stereocenters. The fraction of sp³-hybridized carbons (Fsp3) is 0.133. The normalized spacial score (nSPS) is 10.5. The molecule has 0 radical (unpaired) electrons. The average Bonchev–Trinajstić information content (AvgIpc) is 2.98. The molecule has 0 saturated heterocycles. The predicted molar refractivity (Wildman–Crippen MR) is 72.9 cm³/mol. The van der Waals surface area contributed by atoms with E-state index in [9.17, 15) is 4.79 Å². The van der Waals surface area contributed by atoms with Crippen LogP contribution in [0.25, 0.3) is 6.08 Å². The SMILES string of the molecule is COc1cc(OC)cc(OC(=O)/C=C/c2ccco2)c1. The number of hydrogen-bond donors (Lipinski definition) is 0. The summed E-state index contributed by atoms with van der Waals surface area (Å²) in [5.74, 6) is 1.49. The molecule has 0 amide bonds. The van der Waals surface area contributed by atoms with Gasteiger partial charge < -0.3 is 18.6 Å². The number of furan rings is 1. The van der Waals surface area contributed by atoms with E-state index in [1.165, 1.54) is 32.6 Å². The number of carbonyl (C=O) groups is 1. The van der Waals surface area contributed by atoms with Crippen molar-refractivity contribution < 1.29 is 23.4 Å². The Morgan fingerprint density at radius 2 is 1.75 bits per heavy atom. The maximum atomic E-state index is 11.7. The van der Waals surface area contributed by atoms with Gasteiger partial charge in [-0.15, -0.1) is 0 Å². The number of esters is 1. The Morgan fingerprint density at radius 3 is 2.30 bits per heavy atom. The zero-order valence-corrected chi connectivity index (χ0v) is 11.2. The standard InChI is InChI=1S/C15H14O5/c1-17-12-8-13(18-2)10-14(9-12)20-15(16)6-5-11-4-3-7-19-11/h3-10H,1-2H3/b6-5+. The van der Waals surface area contributed by atoms with Crippen LogP contribution in [0.1, 0.15) is 5.76 Å². The molecule has 20 heavy (non-hydrogen) atoms. The summed E-state index contributed by atoms with van der Waals surface area (Å²) in [7, 11) is 3.05. The zero-order chi connectivity index (χ0) is 14.4. The third-order valence-electron chi connectivity index (χ3n) is 2.47. The van der Waals surface area contributed by atoms with Crippen LogP contribution in [0.2, 0.25) is 0 Å². The van der Waals surface area contributed by atoms with Crippen molar-refractivity contribution in [1.82, 2.24) is 0 Å². The largest absolute Gasteiger partial charge is 0.496 e. The van der Waals surface area contributed by atoms with Gasteiger partial charge in [0.05, 0.1) is 20.5 Å². The van der Waals surface area contributed by atoms with Crippen molar-refractivity contribution in [2.45, 2.75) is 0 Å². The lowest BCUT2D eigenvalue weighted by Gasteiger charge is -2.07. The molecule has 0 aliphatic carbocycles. The molecule has 1 aromatic carbocycles. The van der Waals surface area contributed by atoms with Gasteiger partial charge in [0.2, 0.25) is 0 Å². The highest BCUT2D eigenvalue weighted by molar-refractivity contribution is 5.88. The van der Waals surface area contributed by atoms with Crippen molar-refractivity contribution in [3.63, 3.8) is 0 Å². The Morgan fingerprint density at radius 1 is 1.10 bits per heavy atom. The fourth-order valence-electron chi connectivity index (χ4n) is 1.53. The molecular formula is C15H14O5. The third kappa shape index (κ3) is 3.65. The van der Waals surface area contributed by atoms with Crippen molar-refractivity contribution >= 4 is 12.0 Å². The minimum absolute atomic E-state index is 0.343. The van der Waals surface area contributed by atoms with Gasteiger partial charge in [-0.2, -0.15) is 0 Å². The van der Waals surface area contributed by atoms with E-state index in [0.29, 0.717) is 23.0 Å². The number of hydrogen-bond acceptors (Lipinski definition) is 5. The van der Waals surface area contributed by atoms with E-state index < -0.39 is 5.97 Å². The predicted octanol–water partition coefficient (Wildman–Crippen LogP) is 2.92. The van der Waals surface area contributed by atoms with Gasteiger partial charge in [-0.1, -0.05) is 0 Å². The second-order valence-corrected chi connectivity index (χ2v) is 3.82. The molecule has 1 heterocycles. The summed E-state index contributed by atoms with van der Waals surface area (Å²) in [6, 6.07) is 8.36. The van der Waals surface area contributed by atoms with Crippen LogP contribution < -0.4 is 14.2 Å². The number of ether oxygens (including phenoxy) is 3. The quantitative estimate of drug-likeness (QED) is 0.476. The summed E-state index contributed by atoms with van der Waals surface area (Å²) in [5, 5.41) is 0. The summed E-state index contributed by atoms with van der Waals surface area (Å²) in [4.78, 5) is 11.7. The Bertz CT molecular complexity index is 576. The molecule has 2 rings (SSSR count). The van der Waals surface area contributed by atoms with Gasteiger partial charge in [0.15, 0.2) is 0 Å². The second-order valence-electron chi connectivity index (χ2n) is 3.82. The van der Waals surface area contributed by atoms with Crippen LogP contribution in [-0.4, -0.2) is 20.2 Å². The number of benzene rings is 1. The molecule has 1 aromatic heterocycles. The van der Waals surface area contributed by atoms with Crippen LogP contribution in [0.3, 0.4) is 0 Å². The van der Waals surface area contributed by atoms with Gasteiger partial charge in [0.1, 0.15) is 23.0 Å². The maximum absolute atomic E-state index is 11.7. The Hall–Kier alpha value is -2.69. The van der Waals surface area contributed by atoms with Crippen LogP contribution in [0.4, 0.5) is 0 Å². The first-order valence-electron chi connectivity index (χ1n) is 5.88. The van der Waals surface area contributed by atoms with Gasteiger partial charge in [-0.05, 0) is 18.2 Å². The topological polar surface area (TPSA) is 57.9 Å². The number of methoxy groups -OCH3 is 2. The Labute approximate surface area is 116 Å². The van der Waals surface area contributed by atoms with Crippen molar-refractivity contribution in [1.29, 1.82) is 0 Å². The van der Waals surface area contributed by atoms with E-state index in [0.717, 1.165) is 0 Å². The van der Waals surface area contributed by atoms with Gasteiger partial charge in [-0.25, -0.2) is 4.79 Å². The molecule has 0 bridgehead atoms. The van der Waals surface area contributed by atoms with Gasteiger partial charge >= 0.3 is 5.97 Å². The van der Waals surface area contributed by atoms with E-state index in [4.69, 9.17) is 18.6 Å². The highest BCUT2D eigenvalue weighted by atomic mass is 16.5. The van der Waals surface area contributed by atoms with Gasteiger partial charge in [-0.3, -0.25) is 0 Å². The molecule has 0 saturated carbocycles. The van der Waals surface area contributed by atoms with Crippen molar-refractivity contribution in [3.05, 3.63) is 48.4 Å². The zero-order valence-electron chi connectivity index (χ0n) is 11.2. The van der Waals surface area contributed by atoms with Gasteiger partial charge in [0, 0.05) is 24.3 Å². The first-order chi connectivity index (χ1) is 9.71. The molecule has 104 valence electrons. The van der Waals surface area contributed by atoms with Crippen LogP contribution in [0.15, 0.2) is 47.1 Å². The minimum atomic E-state index is -0.517. The van der Waals surface area contributed by atoms with Crippen molar-refractivity contribution in [3.8, 4) is 17.2 Å². The Balaban J connectivity index is 2.07. The van der Waals surface area contributed by atoms with E-state index in [1.807, 2.05) is 0 Å². The average molecular weight is 274 g/mol. The molecule has 2 aromatic rings. The molecule has 0 aliphatic heterocycles. The highest BCUT2D eigenvalue weighted by Crippen LogP contribution is 2.27. The molecule has 0 N–H and O–H groups in total. The molecule has 0 aliphatic rings. The molecule has 0 unspecified atom stereocenters. The summed E-state index contributed by atoms with van der Waals surface area (Å²) in [6.07, 6.45) is 4.34. The summed E-state index contributed by atoms with van der Waals surface area (Å²) in [6.45, 7) is 0. The Kier molecular flexibility index (Phi) is 4.44. The summed E-state index contributed by atoms with van der Waals surface area (Å²) < 4.78 is 20.4. The lowest BCUT2D eigenvalue weighted by Crippen LogP contribution is -2.04. The molecular weight excluding hydrogens is 260 g/mol. The molecule has 5 heteroatoms. The molecule has 5 nitrogen and oxygen atoms in total. The monoisotopic (exact) mass is 274 g/mol. The van der Waals surface area contributed by atoms with Crippen LogP contribution in [0, 0.1) is 0 Å². The van der Waals surface area contributed by atoms with E-state index in [-0.39, 0.29) is 0 Å².